The van der Waals surface area contributed by atoms with Crippen molar-refractivity contribution < 1.29 is 18.0 Å². The van der Waals surface area contributed by atoms with E-state index in [0.717, 1.165) is 29.2 Å². The van der Waals surface area contributed by atoms with E-state index in [-0.39, 0.29) is 22.5 Å². The van der Waals surface area contributed by atoms with Crippen molar-refractivity contribution >= 4 is 23.4 Å². The maximum atomic E-state index is 13.0. The molecule has 1 amide bonds. The van der Waals surface area contributed by atoms with Crippen molar-refractivity contribution in [3.8, 4) is 5.95 Å². The van der Waals surface area contributed by atoms with Crippen LogP contribution in [0.25, 0.3) is 5.95 Å². The number of nitrogens with zero attached hydrogens (tertiary/aromatic N) is 5. The molecule has 0 fully saturated rings. The van der Waals surface area contributed by atoms with Crippen molar-refractivity contribution in [2.75, 3.05) is 16.9 Å². The van der Waals surface area contributed by atoms with Gasteiger partial charge in [-0.1, -0.05) is 23.9 Å². The monoisotopic (exact) mass is 411 g/mol. The zero-order chi connectivity index (χ0) is 20.5. The number of carbonyl (C=O) groups excluding carboxylic acids is 1. The number of halogens is 3. The number of nitrogens with two attached hydrogens (primary N) is 1. The summed E-state index contributed by atoms with van der Waals surface area (Å²) in [7, 11) is 0. The number of anilines is 1. The summed E-state index contributed by atoms with van der Waals surface area (Å²) in [6, 6.07) is 6.60. The summed E-state index contributed by atoms with van der Waals surface area (Å²) in [6.45, 7) is 3.65. The number of thioether (sulfide) groups is 1. The van der Waals surface area contributed by atoms with Gasteiger partial charge in [0.15, 0.2) is 0 Å². The van der Waals surface area contributed by atoms with E-state index < -0.39 is 17.6 Å². The minimum absolute atomic E-state index is 0.196. The van der Waals surface area contributed by atoms with Crippen LogP contribution in [-0.4, -0.2) is 36.3 Å². The van der Waals surface area contributed by atoms with E-state index in [1.165, 1.54) is 27.6 Å². The molecule has 0 spiro atoms. The number of amides is 1. The number of aromatic nitrogens is 5. The third-order valence-electron chi connectivity index (χ3n) is 3.68. The Morgan fingerprint density at radius 2 is 1.96 bits per heavy atom. The number of aryl methyl sites for hydroxylation is 2. The summed E-state index contributed by atoms with van der Waals surface area (Å²) in [5, 5.41) is 14.6. The van der Waals surface area contributed by atoms with Gasteiger partial charge in [0.25, 0.3) is 5.95 Å². The number of carbonyl (C=O) groups is 1. The van der Waals surface area contributed by atoms with Gasteiger partial charge in [-0.05, 0) is 32.0 Å². The molecule has 2 heterocycles. The number of hydrogen-bond donors (Lipinski definition) is 2. The number of nitrogen functional groups attached to an aromatic ring is 1. The van der Waals surface area contributed by atoms with Crippen LogP contribution in [0.5, 0.6) is 0 Å². The highest BCUT2D eigenvalue weighted by atomic mass is 32.2. The summed E-state index contributed by atoms with van der Waals surface area (Å²) in [6.07, 6.45) is -4.57. The summed E-state index contributed by atoms with van der Waals surface area (Å²) in [5.74, 6) is 5.40. The number of nitrogens with one attached hydrogen (secondary N) is 1. The first-order valence-electron chi connectivity index (χ1n) is 8.00. The van der Waals surface area contributed by atoms with Crippen LogP contribution in [-0.2, 0) is 11.0 Å². The Labute approximate surface area is 161 Å². The third kappa shape index (κ3) is 4.11. The lowest BCUT2D eigenvalue weighted by atomic mass is 10.1. The number of para-hydroxylation sites is 1. The average molecular weight is 411 g/mol. The molecule has 8 nitrogen and oxygen atoms in total. The maximum absolute atomic E-state index is 13.0. The molecule has 0 aliphatic carbocycles. The van der Waals surface area contributed by atoms with Crippen molar-refractivity contribution in [3.63, 3.8) is 0 Å². The molecule has 12 heteroatoms. The summed E-state index contributed by atoms with van der Waals surface area (Å²) in [5.41, 5.74) is 0.354. The molecule has 3 aromatic rings. The molecule has 0 atom stereocenters. The summed E-state index contributed by atoms with van der Waals surface area (Å²) >= 11 is 0.946. The molecule has 0 aliphatic rings. The number of benzene rings is 1. The molecule has 0 saturated heterocycles. The topological polar surface area (TPSA) is 104 Å². The van der Waals surface area contributed by atoms with Crippen LogP contribution in [0.4, 0.5) is 18.9 Å². The summed E-state index contributed by atoms with van der Waals surface area (Å²) < 4.78 is 41.7. The molecular formula is C16H16F3N7OS. The second kappa shape index (κ2) is 7.54. The fourth-order valence-electron chi connectivity index (χ4n) is 2.50. The standard InChI is InChI=1S/C16H16F3N7OS/c1-9-7-10(2)26(24-9)14-22-23-15(25(14)20)28-8-13(27)21-12-6-4-3-5-11(12)16(17,18)19/h3-7H,8,20H2,1-2H3,(H,21,27). The second-order valence-corrected chi connectivity index (χ2v) is 6.81. The van der Waals surface area contributed by atoms with Gasteiger partial charge in [0, 0.05) is 5.69 Å². The van der Waals surface area contributed by atoms with Crippen LogP contribution >= 0.6 is 11.8 Å². The Morgan fingerprint density at radius 3 is 2.61 bits per heavy atom. The van der Waals surface area contributed by atoms with Gasteiger partial charge in [-0.3, -0.25) is 4.79 Å². The largest absolute Gasteiger partial charge is 0.418 e. The lowest BCUT2D eigenvalue weighted by Crippen LogP contribution is -2.20. The Hall–Kier alpha value is -3.02. The van der Waals surface area contributed by atoms with Crippen LogP contribution in [0.3, 0.4) is 0 Å². The lowest BCUT2D eigenvalue weighted by molar-refractivity contribution is -0.137. The van der Waals surface area contributed by atoms with Crippen molar-refractivity contribution in [1.82, 2.24) is 24.7 Å². The van der Waals surface area contributed by atoms with Crippen LogP contribution in [0, 0.1) is 13.8 Å². The molecule has 28 heavy (non-hydrogen) atoms. The predicted molar refractivity (Wildman–Crippen MR) is 97.6 cm³/mol. The fraction of sp³-hybridized carbons (Fsp3) is 0.250. The van der Waals surface area contributed by atoms with Crippen LogP contribution in [0.1, 0.15) is 17.0 Å². The van der Waals surface area contributed by atoms with Gasteiger partial charge in [0.2, 0.25) is 11.1 Å². The fourth-order valence-corrected chi connectivity index (χ4v) is 3.15. The Kier molecular flexibility index (Phi) is 5.31. The van der Waals surface area contributed by atoms with Gasteiger partial charge in [0.05, 0.1) is 22.7 Å². The van der Waals surface area contributed by atoms with Crippen LogP contribution in [0.2, 0.25) is 0 Å². The van der Waals surface area contributed by atoms with Gasteiger partial charge < -0.3 is 11.2 Å². The van der Waals surface area contributed by atoms with E-state index in [1.54, 1.807) is 0 Å². The molecular weight excluding hydrogens is 395 g/mol. The van der Waals surface area contributed by atoms with Gasteiger partial charge in [-0.15, -0.1) is 10.2 Å². The molecule has 0 unspecified atom stereocenters. The van der Waals surface area contributed by atoms with Crippen LogP contribution in [0.15, 0.2) is 35.5 Å². The Balaban J connectivity index is 1.69. The first-order chi connectivity index (χ1) is 13.2. The van der Waals surface area contributed by atoms with E-state index in [0.29, 0.717) is 0 Å². The number of hydrogen-bond acceptors (Lipinski definition) is 6. The van der Waals surface area contributed by atoms with Gasteiger partial charge in [-0.2, -0.15) is 18.3 Å². The first-order valence-corrected chi connectivity index (χ1v) is 8.98. The van der Waals surface area contributed by atoms with Gasteiger partial charge >= 0.3 is 6.18 Å². The SMILES string of the molecule is Cc1cc(C)n(-c2nnc(SCC(=O)Nc3ccccc3C(F)(F)F)n2N)n1. The highest BCUT2D eigenvalue weighted by Gasteiger charge is 2.33. The molecule has 0 bridgehead atoms. The molecule has 0 aliphatic heterocycles. The Morgan fingerprint density at radius 1 is 1.25 bits per heavy atom. The first kappa shape index (κ1) is 19.7. The second-order valence-electron chi connectivity index (χ2n) is 5.87. The normalized spacial score (nSPS) is 11.6. The minimum atomic E-state index is -4.57. The van der Waals surface area contributed by atoms with E-state index in [1.807, 2.05) is 19.9 Å². The highest BCUT2D eigenvalue weighted by molar-refractivity contribution is 7.99. The Bertz CT molecular complexity index is 1010. The third-order valence-corrected chi connectivity index (χ3v) is 4.63. The van der Waals surface area contributed by atoms with Crippen molar-refractivity contribution in [1.29, 1.82) is 0 Å². The molecule has 0 saturated carbocycles. The van der Waals surface area contributed by atoms with Crippen molar-refractivity contribution in [3.05, 3.63) is 47.3 Å². The predicted octanol–water partition coefficient (Wildman–Crippen LogP) is 2.54. The quantitative estimate of drug-likeness (QED) is 0.494. The van der Waals surface area contributed by atoms with Crippen molar-refractivity contribution in [2.24, 2.45) is 0 Å². The lowest BCUT2D eigenvalue weighted by Gasteiger charge is -2.13. The van der Waals surface area contributed by atoms with E-state index in [2.05, 4.69) is 20.6 Å². The maximum Gasteiger partial charge on any atom is 0.418 e. The summed E-state index contributed by atoms with van der Waals surface area (Å²) in [4.78, 5) is 12.1. The zero-order valence-electron chi connectivity index (χ0n) is 14.9. The van der Waals surface area contributed by atoms with Crippen LogP contribution < -0.4 is 11.2 Å². The minimum Gasteiger partial charge on any atom is -0.334 e. The highest BCUT2D eigenvalue weighted by Crippen LogP contribution is 2.34. The molecule has 2 aromatic heterocycles. The van der Waals surface area contributed by atoms with E-state index in [4.69, 9.17) is 5.84 Å². The smallest absolute Gasteiger partial charge is 0.334 e. The molecule has 148 valence electrons. The van der Waals surface area contributed by atoms with E-state index in [9.17, 15) is 18.0 Å². The van der Waals surface area contributed by atoms with E-state index >= 15 is 0 Å². The molecule has 3 rings (SSSR count). The molecule has 1 aromatic carbocycles. The average Bonchev–Trinajstić information content (AvgIpc) is 3.14. The van der Waals surface area contributed by atoms with Gasteiger partial charge in [0.1, 0.15) is 0 Å². The zero-order valence-corrected chi connectivity index (χ0v) is 15.7. The van der Waals surface area contributed by atoms with Crippen molar-refractivity contribution in [2.45, 2.75) is 25.2 Å². The molecule has 0 radical (unpaired) electrons. The van der Waals surface area contributed by atoms with Gasteiger partial charge in [-0.25, -0.2) is 9.36 Å². The number of rotatable bonds is 5. The number of alkyl halides is 3. The molecule has 3 N–H and O–H groups in total.